The van der Waals surface area contributed by atoms with Crippen LogP contribution in [0.3, 0.4) is 0 Å². The molecule has 2 N–H and O–H groups in total. The van der Waals surface area contributed by atoms with Crippen molar-refractivity contribution in [1.82, 2.24) is 9.88 Å². The maximum atomic E-state index is 5.65. The van der Waals surface area contributed by atoms with E-state index >= 15 is 0 Å². The molecule has 0 spiro atoms. The van der Waals surface area contributed by atoms with Gasteiger partial charge in [0.2, 0.25) is 0 Å². The topological polar surface area (TPSA) is 42.1 Å². The van der Waals surface area contributed by atoms with Gasteiger partial charge in [0.15, 0.2) is 0 Å². The van der Waals surface area contributed by atoms with Gasteiger partial charge < -0.3 is 5.73 Å². The molecular weight excluding hydrogens is 218 g/mol. The lowest BCUT2D eigenvalue weighted by molar-refractivity contribution is 0.318. The van der Waals surface area contributed by atoms with Crippen LogP contribution < -0.4 is 5.73 Å². The quantitative estimate of drug-likeness (QED) is 0.824. The molecule has 0 saturated carbocycles. The van der Waals surface area contributed by atoms with Crippen LogP contribution in [0, 0.1) is 0 Å². The Labute approximate surface area is 99.5 Å². The first-order chi connectivity index (χ1) is 7.74. The number of thiazole rings is 1. The molecule has 0 unspecified atom stereocenters. The third-order valence-corrected chi connectivity index (χ3v) is 3.09. The molecule has 1 aromatic heterocycles. The van der Waals surface area contributed by atoms with Crippen molar-refractivity contribution in [1.29, 1.82) is 0 Å². The van der Waals surface area contributed by atoms with Crippen molar-refractivity contribution in [2.24, 2.45) is 0 Å². The number of aromatic nitrogens is 1. The average molecular weight is 233 g/mol. The number of nitrogen functional groups attached to an aromatic ring is 1. The predicted molar refractivity (Wildman–Crippen MR) is 68.1 cm³/mol. The van der Waals surface area contributed by atoms with E-state index in [4.69, 9.17) is 5.73 Å². The zero-order valence-corrected chi connectivity index (χ0v) is 10.1. The van der Waals surface area contributed by atoms with Crippen LogP contribution in [0.15, 0.2) is 35.8 Å². The molecule has 2 aromatic rings. The van der Waals surface area contributed by atoms with E-state index in [0.717, 1.165) is 23.8 Å². The first-order valence-corrected chi connectivity index (χ1v) is 6.03. The molecular formula is C12H15N3S. The molecule has 0 fully saturated rings. The number of anilines is 1. The molecule has 0 aliphatic heterocycles. The molecule has 0 atom stereocenters. The van der Waals surface area contributed by atoms with Crippen LogP contribution >= 0.6 is 11.3 Å². The Balaban J connectivity index is 1.92. The van der Waals surface area contributed by atoms with Crippen LogP contribution in [0.5, 0.6) is 0 Å². The minimum Gasteiger partial charge on any atom is -0.399 e. The Morgan fingerprint density at radius 3 is 2.62 bits per heavy atom. The zero-order chi connectivity index (χ0) is 11.4. The largest absolute Gasteiger partial charge is 0.399 e. The van der Waals surface area contributed by atoms with E-state index in [1.165, 1.54) is 5.56 Å². The van der Waals surface area contributed by atoms with Crippen LogP contribution in [-0.4, -0.2) is 16.9 Å². The van der Waals surface area contributed by atoms with Gasteiger partial charge in [-0.15, -0.1) is 11.3 Å². The van der Waals surface area contributed by atoms with E-state index in [-0.39, 0.29) is 0 Å². The van der Waals surface area contributed by atoms with Gasteiger partial charge in [0, 0.05) is 23.8 Å². The predicted octanol–water partition coefficient (Wildman–Crippen LogP) is 2.36. The Hall–Kier alpha value is -1.39. The summed E-state index contributed by atoms with van der Waals surface area (Å²) >= 11 is 1.69. The second-order valence-electron chi connectivity index (χ2n) is 3.84. The maximum absolute atomic E-state index is 5.65. The van der Waals surface area contributed by atoms with E-state index in [1.54, 1.807) is 11.3 Å². The van der Waals surface area contributed by atoms with Crippen LogP contribution in [0.2, 0.25) is 0 Å². The number of hydrogen-bond donors (Lipinski definition) is 1. The normalized spacial score (nSPS) is 10.9. The van der Waals surface area contributed by atoms with Gasteiger partial charge in [-0.1, -0.05) is 12.1 Å². The Bertz CT molecular complexity index is 422. The first-order valence-electron chi connectivity index (χ1n) is 5.15. The van der Waals surface area contributed by atoms with Crippen molar-refractivity contribution >= 4 is 17.0 Å². The molecule has 0 bridgehead atoms. The van der Waals surface area contributed by atoms with Gasteiger partial charge in [0.25, 0.3) is 0 Å². The van der Waals surface area contributed by atoms with Gasteiger partial charge in [0.05, 0.1) is 6.54 Å². The summed E-state index contributed by atoms with van der Waals surface area (Å²) in [6.45, 7) is 1.81. The zero-order valence-electron chi connectivity index (χ0n) is 9.26. The Morgan fingerprint density at radius 1 is 1.25 bits per heavy atom. The molecule has 0 radical (unpaired) electrons. The number of rotatable bonds is 4. The third-order valence-electron chi connectivity index (χ3n) is 2.32. The molecule has 3 nitrogen and oxygen atoms in total. The lowest BCUT2D eigenvalue weighted by Crippen LogP contribution is -2.16. The highest BCUT2D eigenvalue weighted by atomic mass is 32.1. The van der Waals surface area contributed by atoms with E-state index in [1.807, 2.05) is 23.7 Å². The molecule has 16 heavy (non-hydrogen) atoms. The van der Waals surface area contributed by atoms with Crippen molar-refractivity contribution < 1.29 is 0 Å². The number of nitrogens with zero attached hydrogens (tertiary/aromatic N) is 2. The molecule has 4 heteroatoms. The summed E-state index contributed by atoms with van der Waals surface area (Å²) in [4.78, 5) is 6.51. The maximum Gasteiger partial charge on any atom is 0.107 e. The second-order valence-corrected chi connectivity index (χ2v) is 4.82. The van der Waals surface area contributed by atoms with E-state index in [0.29, 0.717) is 0 Å². The van der Waals surface area contributed by atoms with Gasteiger partial charge >= 0.3 is 0 Å². The van der Waals surface area contributed by atoms with E-state index in [9.17, 15) is 0 Å². The molecule has 0 saturated heterocycles. The fourth-order valence-electron chi connectivity index (χ4n) is 1.55. The van der Waals surface area contributed by atoms with Crippen LogP contribution in [0.1, 0.15) is 10.6 Å². The average Bonchev–Trinajstić information content (AvgIpc) is 2.74. The SMILES string of the molecule is CN(Cc1ccc(N)cc1)Cc1nccs1. The van der Waals surface area contributed by atoms with Crippen molar-refractivity contribution in [3.63, 3.8) is 0 Å². The number of nitrogens with two attached hydrogens (primary N) is 1. The van der Waals surface area contributed by atoms with Gasteiger partial charge in [0.1, 0.15) is 5.01 Å². The van der Waals surface area contributed by atoms with Crippen molar-refractivity contribution in [3.8, 4) is 0 Å². The molecule has 1 heterocycles. The summed E-state index contributed by atoms with van der Waals surface area (Å²) in [5.41, 5.74) is 7.73. The van der Waals surface area contributed by atoms with Crippen molar-refractivity contribution in [2.45, 2.75) is 13.1 Å². The molecule has 84 valence electrons. The first kappa shape index (κ1) is 11.1. The van der Waals surface area contributed by atoms with Crippen LogP contribution in [-0.2, 0) is 13.1 Å². The molecule has 2 rings (SSSR count). The lowest BCUT2D eigenvalue weighted by atomic mass is 10.2. The fourth-order valence-corrected chi connectivity index (χ4v) is 2.25. The summed E-state index contributed by atoms with van der Waals surface area (Å²) in [7, 11) is 2.09. The lowest BCUT2D eigenvalue weighted by Gasteiger charge is -2.15. The second kappa shape index (κ2) is 5.09. The Kier molecular flexibility index (Phi) is 3.54. The fraction of sp³-hybridized carbons (Fsp3) is 0.250. The van der Waals surface area contributed by atoms with Gasteiger partial charge in [-0.05, 0) is 24.7 Å². The summed E-state index contributed by atoms with van der Waals surface area (Å²) in [5.74, 6) is 0. The third kappa shape index (κ3) is 3.05. The summed E-state index contributed by atoms with van der Waals surface area (Å²) in [6, 6.07) is 8.00. The van der Waals surface area contributed by atoms with Gasteiger partial charge in [-0.2, -0.15) is 0 Å². The van der Waals surface area contributed by atoms with Crippen molar-refractivity contribution in [2.75, 3.05) is 12.8 Å². The molecule has 0 amide bonds. The smallest absolute Gasteiger partial charge is 0.107 e. The standard InChI is InChI=1S/C12H15N3S/c1-15(9-12-14-6-7-16-12)8-10-2-4-11(13)5-3-10/h2-7H,8-9,13H2,1H3. The highest BCUT2D eigenvalue weighted by Crippen LogP contribution is 2.11. The highest BCUT2D eigenvalue weighted by Gasteiger charge is 2.03. The van der Waals surface area contributed by atoms with Crippen LogP contribution in [0.25, 0.3) is 0 Å². The molecule has 0 aliphatic rings. The highest BCUT2D eigenvalue weighted by molar-refractivity contribution is 7.09. The minimum absolute atomic E-state index is 0.811. The monoisotopic (exact) mass is 233 g/mol. The summed E-state index contributed by atoms with van der Waals surface area (Å²) in [5, 5.41) is 3.16. The number of hydrogen-bond acceptors (Lipinski definition) is 4. The van der Waals surface area contributed by atoms with E-state index < -0.39 is 0 Å². The summed E-state index contributed by atoms with van der Waals surface area (Å²) in [6.07, 6.45) is 1.84. The molecule has 0 aliphatic carbocycles. The van der Waals surface area contributed by atoms with E-state index in [2.05, 4.69) is 29.1 Å². The minimum atomic E-state index is 0.811. The van der Waals surface area contributed by atoms with Gasteiger partial charge in [-0.25, -0.2) is 4.98 Å². The molecule has 1 aromatic carbocycles. The van der Waals surface area contributed by atoms with Gasteiger partial charge in [-0.3, -0.25) is 4.90 Å². The van der Waals surface area contributed by atoms with Crippen molar-refractivity contribution in [3.05, 3.63) is 46.4 Å². The Morgan fingerprint density at radius 2 is 2.00 bits per heavy atom. The summed E-state index contributed by atoms with van der Waals surface area (Å²) < 4.78 is 0. The van der Waals surface area contributed by atoms with Crippen LogP contribution in [0.4, 0.5) is 5.69 Å². The number of benzene rings is 1.